The standard InChI is InChI=1S/C8H10ClNS/c1-2-3-6(10)7-4-5-8(9)11-7/h2,4-6H,1,3,10H2/t6-/m1/s1. The van der Waals surface area contributed by atoms with Crippen LogP contribution < -0.4 is 5.73 Å². The van der Waals surface area contributed by atoms with Gasteiger partial charge in [-0.2, -0.15) is 0 Å². The van der Waals surface area contributed by atoms with Gasteiger partial charge in [0.15, 0.2) is 0 Å². The molecule has 0 aliphatic heterocycles. The number of nitrogens with two attached hydrogens (primary N) is 1. The highest BCUT2D eigenvalue weighted by molar-refractivity contribution is 7.16. The molecule has 1 heterocycles. The monoisotopic (exact) mass is 187 g/mol. The number of thiophene rings is 1. The van der Waals surface area contributed by atoms with E-state index in [1.807, 2.05) is 18.2 Å². The van der Waals surface area contributed by atoms with Gasteiger partial charge in [0.25, 0.3) is 0 Å². The van der Waals surface area contributed by atoms with Gasteiger partial charge in [-0.1, -0.05) is 17.7 Å². The topological polar surface area (TPSA) is 26.0 Å². The number of hydrogen-bond donors (Lipinski definition) is 1. The first-order valence-corrected chi connectivity index (χ1v) is 4.55. The van der Waals surface area contributed by atoms with E-state index in [1.165, 1.54) is 11.3 Å². The molecule has 11 heavy (non-hydrogen) atoms. The molecule has 2 N–H and O–H groups in total. The molecule has 3 heteroatoms. The summed E-state index contributed by atoms with van der Waals surface area (Å²) in [4.78, 5) is 1.12. The summed E-state index contributed by atoms with van der Waals surface area (Å²) in [6, 6.07) is 3.89. The fraction of sp³-hybridized carbons (Fsp3) is 0.250. The van der Waals surface area contributed by atoms with Crippen LogP contribution in [0.4, 0.5) is 0 Å². The number of halogens is 1. The molecule has 0 aliphatic rings. The van der Waals surface area contributed by atoms with Crippen molar-refractivity contribution in [1.82, 2.24) is 0 Å². The van der Waals surface area contributed by atoms with Gasteiger partial charge < -0.3 is 5.73 Å². The Bertz CT molecular complexity index is 244. The second-order valence-electron chi connectivity index (χ2n) is 2.27. The van der Waals surface area contributed by atoms with Crippen molar-refractivity contribution in [3.8, 4) is 0 Å². The van der Waals surface area contributed by atoms with Crippen LogP contribution in [0.1, 0.15) is 17.3 Å². The molecule has 1 aromatic rings. The molecule has 0 radical (unpaired) electrons. The van der Waals surface area contributed by atoms with Crippen molar-refractivity contribution in [2.75, 3.05) is 0 Å². The minimum Gasteiger partial charge on any atom is -0.323 e. The summed E-state index contributed by atoms with van der Waals surface area (Å²) in [7, 11) is 0. The molecule has 0 spiro atoms. The minimum absolute atomic E-state index is 0.0602. The van der Waals surface area contributed by atoms with Gasteiger partial charge in [-0.25, -0.2) is 0 Å². The largest absolute Gasteiger partial charge is 0.323 e. The Morgan fingerprint density at radius 1 is 1.73 bits per heavy atom. The van der Waals surface area contributed by atoms with Crippen molar-refractivity contribution in [2.24, 2.45) is 5.73 Å². The average molecular weight is 188 g/mol. The first kappa shape index (κ1) is 8.78. The lowest BCUT2D eigenvalue weighted by atomic mass is 10.2. The molecule has 0 amide bonds. The minimum atomic E-state index is 0.0602. The van der Waals surface area contributed by atoms with E-state index in [9.17, 15) is 0 Å². The van der Waals surface area contributed by atoms with Crippen LogP contribution in [0, 0.1) is 0 Å². The predicted molar refractivity (Wildman–Crippen MR) is 51.1 cm³/mol. The second kappa shape index (κ2) is 3.90. The summed E-state index contributed by atoms with van der Waals surface area (Å²) >= 11 is 7.27. The lowest BCUT2D eigenvalue weighted by Crippen LogP contribution is -2.06. The fourth-order valence-corrected chi connectivity index (χ4v) is 1.90. The van der Waals surface area contributed by atoms with E-state index in [0.717, 1.165) is 15.6 Å². The van der Waals surface area contributed by atoms with Crippen LogP contribution in [0.3, 0.4) is 0 Å². The van der Waals surface area contributed by atoms with Crippen molar-refractivity contribution in [2.45, 2.75) is 12.5 Å². The Morgan fingerprint density at radius 3 is 2.91 bits per heavy atom. The van der Waals surface area contributed by atoms with E-state index >= 15 is 0 Å². The molecule has 1 aromatic heterocycles. The molecule has 1 rings (SSSR count). The Balaban J connectivity index is 2.67. The molecule has 0 unspecified atom stereocenters. The highest BCUT2D eigenvalue weighted by Crippen LogP contribution is 2.27. The summed E-state index contributed by atoms with van der Waals surface area (Å²) in [6.45, 7) is 3.62. The third-order valence-electron chi connectivity index (χ3n) is 1.38. The molecular formula is C8H10ClNS. The van der Waals surface area contributed by atoms with Crippen LogP contribution in [0.25, 0.3) is 0 Å². The van der Waals surface area contributed by atoms with Gasteiger partial charge >= 0.3 is 0 Å². The van der Waals surface area contributed by atoms with Crippen LogP contribution in [0.15, 0.2) is 24.8 Å². The summed E-state index contributed by atoms with van der Waals surface area (Å²) < 4.78 is 0.791. The van der Waals surface area contributed by atoms with Crippen LogP contribution in [0.5, 0.6) is 0 Å². The zero-order valence-electron chi connectivity index (χ0n) is 6.09. The van der Waals surface area contributed by atoms with Gasteiger partial charge in [-0.15, -0.1) is 17.9 Å². The summed E-state index contributed by atoms with van der Waals surface area (Å²) in [6.07, 6.45) is 2.62. The normalized spacial score (nSPS) is 12.9. The van der Waals surface area contributed by atoms with Crippen molar-refractivity contribution in [3.63, 3.8) is 0 Å². The van der Waals surface area contributed by atoms with E-state index in [1.54, 1.807) is 0 Å². The maximum absolute atomic E-state index is 5.80. The highest BCUT2D eigenvalue weighted by atomic mass is 35.5. The predicted octanol–water partition coefficient (Wildman–Crippen LogP) is 2.98. The zero-order valence-corrected chi connectivity index (χ0v) is 7.66. The molecule has 1 nitrogen and oxygen atoms in total. The molecule has 0 saturated heterocycles. The quantitative estimate of drug-likeness (QED) is 0.724. The van der Waals surface area contributed by atoms with Crippen molar-refractivity contribution < 1.29 is 0 Å². The van der Waals surface area contributed by atoms with Gasteiger partial charge in [-0.05, 0) is 18.6 Å². The van der Waals surface area contributed by atoms with Crippen LogP contribution in [-0.4, -0.2) is 0 Å². The van der Waals surface area contributed by atoms with Gasteiger partial charge in [-0.3, -0.25) is 0 Å². The first-order chi connectivity index (χ1) is 5.24. The third-order valence-corrected chi connectivity index (χ3v) is 2.74. The first-order valence-electron chi connectivity index (χ1n) is 3.35. The Labute approximate surface area is 75.5 Å². The summed E-state index contributed by atoms with van der Waals surface area (Å²) in [5.41, 5.74) is 5.80. The Hall–Kier alpha value is -0.310. The van der Waals surface area contributed by atoms with E-state index in [2.05, 4.69) is 6.58 Å². The molecule has 0 saturated carbocycles. The van der Waals surface area contributed by atoms with E-state index in [4.69, 9.17) is 17.3 Å². The summed E-state index contributed by atoms with van der Waals surface area (Å²) in [5.74, 6) is 0. The van der Waals surface area contributed by atoms with E-state index in [-0.39, 0.29) is 6.04 Å². The molecule has 0 aliphatic carbocycles. The van der Waals surface area contributed by atoms with Crippen molar-refractivity contribution in [3.05, 3.63) is 34.0 Å². The van der Waals surface area contributed by atoms with E-state index in [0.29, 0.717) is 0 Å². The third kappa shape index (κ3) is 2.33. The molecule has 60 valence electrons. The Morgan fingerprint density at radius 2 is 2.45 bits per heavy atom. The van der Waals surface area contributed by atoms with Crippen LogP contribution in [0.2, 0.25) is 4.34 Å². The van der Waals surface area contributed by atoms with Crippen molar-refractivity contribution >= 4 is 22.9 Å². The molecule has 0 fully saturated rings. The molecule has 0 aromatic carbocycles. The van der Waals surface area contributed by atoms with Crippen molar-refractivity contribution in [1.29, 1.82) is 0 Å². The fourth-order valence-electron chi connectivity index (χ4n) is 0.823. The maximum Gasteiger partial charge on any atom is 0.0931 e. The maximum atomic E-state index is 5.80. The highest BCUT2D eigenvalue weighted by Gasteiger charge is 2.05. The van der Waals surface area contributed by atoms with Gasteiger partial charge in [0.05, 0.1) is 4.34 Å². The second-order valence-corrected chi connectivity index (χ2v) is 4.02. The van der Waals surface area contributed by atoms with Crippen LogP contribution in [-0.2, 0) is 0 Å². The smallest absolute Gasteiger partial charge is 0.0931 e. The number of rotatable bonds is 3. The van der Waals surface area contributed by atoms with Gasteiger partial charge in [0.2, 0.25) is 0 Å². The van der Waals surface area contributed by atoms with Gasteiger partial charge in [0, 0.05) is 10.9 Å². The lowest BCUT2D eigenvalue weighted by molar-refractivity contribution is 0.758. The molecule has 1 atom stereocenters. The van der Waals surface area contributed by atoms with Gasteiger partial charge in [0.1, 0.15) is 0 Å². The van der Waals surface area contributed by atoms with E-state index < -0.39 is 0 Å². The zero-order chi connectivity index (χ0) is 8.27. The Kier molecular flexibility index (Phi) is 3.12. The summed E-state index contributed by atoms with van der Waals surface area (Å²) in [5, 5.41) is 0. The lowest BCUT2D eigenvalue weighted by Gasteiger charge is -2.03. The SMILES string of the molecule is C=CC[C@@H](N)c1ccc(Cl)s1. The average Bonchev–Trinajstić information content (AvgIpc) is 2.36. The molecule has 0 bridgehead atoms. The molecular weight excluding hydrogens is 178 g/mol. The van der Waals surface area contributed by atoms with Crippen LogP contribution >= 0.6 is 22.9 Å². The number of hydrogen-bond acceptors (Lipinski definition) is 2.